The van der Waals surface area contributed by atoms with Gasteiger partial charge in [0.1, 0.15) is 5.75 Å². The van der Waals surface area contributed by atoms with E-state index >= 15 is 0 Å². The van der Waals surface area contributed by atoms with E-state index in [-0.39, 0.29) is 18.4 Å². The predicted molar refractivity (Wildman–Crippen MR) is 83.2 cm³/mol. The number of amides is 2. The lowest BCUT2D eigenvalue weighted by Crippen LogP contribution is -2.28. The number of benzene rings is 1. The van der Waals surface area contributed by atoms with Gasteiger partial charge < -0.3 is 15.4 Å². The lowest BCUT2D eigenvalue weighted by atomic mass is 10.3. The van der Waals surface area contributed by atoms with Gasteiger partial charge >= 0.3 is 0 Å². The topological polar surface area (TPSA) is 67.4 Å². The zero-order valence-corrected chi connectivity index (χ0v) is 12.3. The molecule has 0 aromatic heterocycles. The van der Waals surface area contributed by atoms with Crippen LogP contribution in [0.25, 0.3) is 0 Å². The summed E-state index contributed by atoms with van der Waals surface area (Å²) in [5.41, 5.74) is 0.662. The van der Waals surface area contributed by atoms with Crippen LogP contribution in [0.15, 0.2) is 48.6 Å². The normalized spacial score (nSPS) is 10.8. The Labute approximate surface area is 124 Å². The minimum Gasteiger partial charge on any atom is -0.484 e. The first-order valence-corrected chi connectivity index (χ1v) is 6.75. The van der Waals surface area contributed by atoms with Gasteiger partial charge in [-0.15, -0.1) is 0 Å². The van der Waals surface area contributed by atoms with Gasteiger partial charge in [-0.05, 0) is 38.1 Å². The van der Waals surface area contributed by atoms with Crippen molar-refractivity contribution in [1.82, 2.24) is 5.32 Å². The monoisotopic (exact) mass is 288 g/mol. The third-order valence-electron chi connectivity index (χ3n) is 2.42. The third kappa shape index (κ3) is 6.96. The molecule has 2 amide bonds. The standard InChI is InChI=1S/C16H20N2O3/c1-3-5-6-7-15(19)18-13-8-10-14(11-9-13)21-12-16(20)17-4-2/h3,5-11H,4,12H2,1-2H3,(H,17,20)(H,18,19)/b5-3+,7-6+. The molecule has 5 heteroatoms. The maximum atomic E-state index is 11.5. The Morgan fingerprint density at radius 1 is 1.19 bits per heavy atom. The van der Waals surface area contributed by atoms with Gasteiger partial charge in [0.25, 0.3) is 5.91 Å². The van der Waals surface area contributed by atoms with Crippen LogP contribution in [0, 0.1) is 0 Å². The zero-order valence-electron chi connectivity index (χ0n) is 12.3. The molecule has 0 aliphatic heterocycles. The maximum Gasteiger partial charge on any atom is 0.257 e. The first-order valence-electron chi connectivity index (χ1n) is 6.75. The molecule has 1 rings (SSSR count). The van der Waals surface area contributed by atoms with E-state index < -0.39 is 0 Å². The number of carbonyl (C=O) groups excluding carboxylic acids is 2. The summed E-state index contributed by atoms with van der Waals surface area (Å²) in [5, 5.41) is 5.36. The molecule has 1 aromatic carbocycles. The van der Waals surface area contributed by atoms with E-state index in [1.807, 2.05) is 19.9 Å². The second-order valence-electron chi connectivity index (χ2n) is 4.14. The highest BCUT2D eigenvalue weighted by atomic mass is 16.5. The Kier molecular flexibility index (Phi) is 7.35. The zero-order chi connectivity index (χ0) is 15.5. The maximum absolute atomic E-state index is 11.5. The summed E-state index contributed by atoms with van der Waals surface area (Å²) >= 11 is 0. The Morgan fingerprint density at radius 3 is 2.52 bits per heavy atom. The number of anilines is 1. The van der Waals surface area contributed by atoms with Gasteiger partial charge in [-0.1, -0.05) is 18.2 Å². The number of ether oxygens (including phenoxy) is 1. The fourth-order valence-corrected chi connectivity index (χ4v) is 1.47. The van der Waals surface area contributed by atoms with E-state index in [2.05, 4.69) is 10.6 Å². The molecule has 21 heavy (non-hydrogen) atoms. The Morgan fingerprint density at radius 2 is 1.90 bits per heavy atom. The molecule has 0 heterocycles. The molecule has 0 saturated heterocycles. The Bertz CT molecular complexity index is 519. The fourth-order valence-electron chi connectivity index (χ4n) is 1.47. The molecule has 112 valence electrons. The molecule has 0 aliphatic carbocycles. The van der Waals surface area contributed by atoms with Crippen molar-refractivity contribution in [3.63, 3.8) is 0 Å². The average Bonchev–Trinajstić information content (AvgIpc) is 2.47. The Hall–Kier alpha value is -2.56. The van der Waals surface area contributed by atoms with E-state index in [0.717, 1.165) is 0 Å². The molecular weight excluding hydrogens is 268 g/mol. The van der Waals surface area contributed by atoms with E-state index in [1.165, 1.54) is 6.08 Å². The quantitative estimate of drug-likeness (QED) is 0.597. The molecular formula is C16H20N2O3. The van der Waals surface area contributed by atoms with E-state index in [0.29, 0.717) is 18.0 Å². The van der Waals surface area contributed by atoms with Crippen molar-refractivity contribution in [3.05, 3.63) is 48.6 Å². The van der Waals surface area contributed by atoms with Gasteiger partial charge in [0.15, 0.2) is 6.61 Å². The van der Waals surface area contributed by atoms with Crippen LogP contribution >= 0.6 is 0 Å². The number of carbonyl (C=O) groups is 2. The number of nitrogens with one attached hydrogen (secondary N) is 2. The molecule has 1 aromatic rings. The first-order chi connectivity index (χ1) is 10.2. The lowest BCUT2D eigenvalue weighted by molar-refractivity contribution is -0.123. The highest BCUT2D eigenvalue weighted by Crippen LogP contribution is 2.15. The summed E-state index contributed by atoms with van der Waals surface area (Å²) in [7, 11) is 0. The van der Waals surface area contributed by atoms with Crippen LogP contribution < -0.4 is 15.4 Å². The first kappa shape index (κ1) is 16.5. The molecule has 0 saturated carbocycles. The number of hydrogen-bond donors (Lipinski definition) is 2. The molecule has 0 atom stereocenters. The van der Waals surface area contributed by atoms with Crippen molar-refractivity contribution in [1.29, 1.82) is 0 Å². The van der Waals surface area contributed by atoms with E-state index in [9.17, 15) is 9.59 Å². The summed E-state index contributed by atoms with van der Waals surface area (Å²) in [4.78, 5) is 22.8. The molecule has 0 bridgehead atoms. The van der Waals surface area contributed by atoms with E-state index in [4.69, 9.17) is 4.74 Å². The third-order valence-corrected chi connectivity index (χ3v) is 2.42. The largest absolute Gasteiger partial charge is 0.484 e. The minimum atomic E-state index is -0.205. The summed E-state index contributed by atoms with van der Waals surface area (Å²) in [5.74, 6) is 0.205. The number of allylic oxidation sites excluding steroid dienone is 3. The van der Waals surface area contributed by atoms with Crippen molar-refractivity contribution in [2.24, 2.45) is 0 Å². The van der Waals surface area contributed by atoms with Crippen LogP contribution in [-0.4, -0.2) is 25.0 Å². The van der Waals surface area contributed by atoms with Crippen LogP contribution in [0.3, 0.4) is 0 Å². The van der Waals surface area contributed by atoms with Crippen molar-refractivity contribution in [2.75, 3.05) is 18.5 Å². The highest BCUT2D eigenvalue weighted by molar-refractivity contribution is 5.99. The molecule has 5 nitrogen and oxygen atoms in total. The van der Waals surface area contributed by atoms with Crippen LogP contribution in [0.2, 0.25) is 0 Å². The molecule has 0 fully saturated rings. The smallest absolute Gasteiger partial charge is 0.257 e. The van der Waals surface area contributed by atoms with Gasteiger partial charge in [-0.3, -0.25) is 9.59 Å². The molecule has 0 aliphatic rings. The number of hydrogen-bond acceptors (Lipinski definition) is 3. The van der Waals surface area contributed by atoms with Gasteiger partial charge in [0.05, 0.1) is 0 Å². The molecule has 2 N–H and O–H groups in total. The molecule has 0 spiro atoms. The van der Waals surface area contributed by atoms with Crippen molar-refractivity contribution in [3.8, 4) is 5.75 Å². The van der Waals surface area contributed by atoms with Crippen molar-refractivity contribution in [2.45, 2.75) is 13.8 Å². The molecule has 0 radical (unpaired) electrons. The summed E-state index contributed by atoms with van der Waals surface area (Å²) in [6, 6.07) is 6.83. The van der Waals surface area contributed by atoms with Gasteiger partial charge in [-0.25, -0.2) is 0 Å². The number of likely N-dealkylation sites (N-methyl/N-ethyl adjacent to an activating group) is 1. The Balaban J connectivity index is 2.46. The fraction of sp³-hybridized carbons (Fsp3) is 0.250. The van der Waals surface area contributed by atoms with Crippen LogP contribution in [0.4, 0.5) is 5.69 Å². The van der Waals surface area contributed by atoms with Crippen LogP contribution in [0.5, 0.6) is 5.75 Å². The van der Waals surface area contributed by atoms with Crippen molar-refractivity contribution >= 4 is 17.5 Å². The summed E-state index contributed by atoms with van der Waals surface area (Å²) in [6.07, 6.45) is 6.72. The van der Waals surface area contributed by atoms with Gasteiger partial charge in [-0.2, -0.15) is 0 Å². The van der Waals surface area contributed by atoms with Crippen LogP contribution in [0.1, 0.15) is 13.8 Å². The summed E-state index contributed by atoms with van der Waals surface area (Å²) < 4.78 is 5.31. The number of rotatable bonds is 7. The lowest BCUT2D eigenvalue weighted by Gasteiger charge is -2.07. The van der Waals surface area contributed by atoms with Gasteiger partial charge in [0, 0.05) is 18.3 Å². The summed E-state index contributed by atoms with van der Waals surface area (Å²) in [6.45, 7) is 4.28. The average molecular weight is 288 g/mol. The highest BCUT2D eigenvalue weighted by Gasteiger charge is 2.02. The predicted octanol–water partition coefficient (Wildman–Crippen LogP) is 2.27. The van der Waals surface area contributed by atoms with E-state index in [1.54, 1.807) is 36.4 Å². The molecule has 0 unspecified atom stereocenters. The van der Waals surface area contributed by atoms with Gasteiger partial charge in [0.2, 0.25) is 5.91 Å². The minimum absolute atomic E-state index is 0.0222. The second-order valence-corrected chi connectivity index (χ2v) is 4.14. The van der Waals surface area contributed by atoms with Crippen molar-refractivity contribution < 1.29 is 14.3 Å². The SMILES string of the molecule is C/C=C/C=C/C(=O)Nc1ccc(OCC(=O)NCC)cc1. The van der Waals surface area contributed by atoms with Crippen LogP contribution in [-0.2, 0) is 9.59 Å². The second kappa shape index (κ2) is 9.36.